The molecule has 0 radical (unpaired) electrons. The van der Waals surface area contributed by atoms with Gasteiger partial charge in [0, 0.05) is 7.11 Å². The molecule has 2 fully saturated rings. The van der Waals surface area contributed by atoms with Crippen molar-refractivity contribution in [1.82, 2.24) is 0 Å². The number of alkyl halides is 6. The summed E-state index contributed by atoms with van der Waals surface area (Å²) >= 11 is 0. The number of hydrogen-bond donors (Lipinski definition) is 2. The minimum absolute atomic E-state index is 0.0126. The molecule has 48 heavy (non-hydrogen) atoms. The van der Waals surface area contributed by atoms with Crippen molar-refractivity contribution in [3.05, 3.63) is 75.6 Å². The van der Waals surface area contributed by atoms with Crippen molar-refractivity contribution in [2.45, 2.75) is 63.8 Å². The zero-order chi connectivity index (χ0) is 35.1. The van der Waals surface area contributed by atoms with Crippen molar-refractivity contribution in [3.8, 4) is 5.75 Å². The molecule has 0 bridgehead atoms. The van der Waals surface area contributed by atoms with E-state index in [0.29, 0.717) is 53.0 Å². The summed E-state index contributed by atoms with van der Waals surface area (Å²) in [6.45, 7) is 1.97. The maximum atomic E-state index is 14.0. The molecule has 2 aromatic carbocycles. The van der Waals surface area contributed by atoms with Crippen LogP contribution in [0.4, 0.5) is 36.4 Å². The van der Waals surface area contributed by atoms with Crippen LogP contribution in [0.5, 0.6) is 5.75 Å². The van der Waals surface area contributed by atoms with Crippen LogP contribution in [-0.4, -0.2) is 48.9 Å². The molecule has 4 atom stereocenters. The molecule has 5 rings (SSSR count). The lowest BCUT2D eigenvalue weighted by Gasteiger charge is -2.43. The van der Waals surface area contributed by atoms with Crippen LogP contribution in [0.1, 0.15) is 55.7 Å². The lowest BCUT2D eigenvalue weighted by molar-refractivity contribution is -0.143. The van der Waals surface area contributed by atoms with Crippen LogP contribution in [0.3, 0.4) is 0 Å². The smallest absolute Gasteiger partial charge is 0.455 e. The largest absolute Gasteiger partial charge is 0.505 e. The summed E-state index contributed by atoms with van der Waals surface area (Å²) < 4.78 is 107. The number of hydrogen-bond acceptors (Lipinski definition) is 6. The lowest BCUT2D eigenvalue weighted by Crippen LogP contribution is -2.46. The Bertz CT molecular complexity index is 1610. The van der Waals surface area contributed by atoms with Gasteiger partial charge in [0.25, 0.3) is 0 Å². The number of rotatable bonds is 9. The van der Waals surface area contributed by atoms with E-state index in [1.165, 1.54) is 19.2 Å². The van der Waals surface area contributed by atoms with E-state index < -0.39 is 83.5 Å². The van der Waals surface area contributed by atoms with Crippen molar-refractivity contribution in [1.29, 1.82) is 0 Å². The first-order chi connectivity index (χ1) is 22.5. The normalized spacial score (nSPS) is 23.6. The molecule has 2 aromatic rings. The molecule has 1 aliphatic carbocycles. The second-order valence-electron chi connectivity index (χ2n) is 12.3. The fourth-order valence-electron chi connectivity index (χ4n) is 7.15. The molecule has 0 saturated carbocycles. The first kappa shape index (κ1) is 35.6. The highest BCUT2D eigenvalue weighted by Crippen LogP contribution is 2.52. The first-order valence-corrected chi connectivity index (χ1v) is 15.4. The van der Waals surface area contributed by atoms with Gasteiger partial charge in [0.15, 0.2) is 11.6 Å². The van der Waals surface area contributed by atoms with Gasteiger partial charge in [-0.25, -0.2) is 9.29 Å². The number of allylic oxidation sites excluding steroid dienone is 1. The molecule has 258 valence electrons. The van der Waals surface area contributed by atoms with Gasteiger partial charge in [0.05, 0.1) is 41.4 Å². The Morgan fingerprint density at radius 1 is 1.02 bits per heavy atom. The molecule has 0 unspecified atom stereocenters. The summed E-state index contributed by atoms with van der Waals surface area (Å²) in [7, 11) is 0.0365. The van der Waals surface area contributed by atoms with Gasteiger partial charge in [-0.2, -0.15) is 26.3 Å². The Balaban J connectivity index is 1.49. The molecular weight excluding hydrogens is 650 g/mol. The third-order valence-corrected chi connectivity index (χ3v) is 9.10. The zero-order valence-corrected chi connectivity index (χ0v) is 26.0. The monoisotopic (exact) mass is 683 g/mol. The number of nitrogens with zero attached hydrogens (tertiary/aromatic N) is 1. The summed E-state index contributed by atoms with van der Waals surface area (Å²) in [6.07, 6.45) is -7.42. The number of phenols is 1. The second kappa shape index (κ2) is 13.7. The second-order valence-corrected chi connectivity index (χ2v) is 12.3. The van der Waals surface area contributed by atoms with Crippen molar-refractivity contribution < 1.29 is 59.8 Å². The average molecular weight is 683 g/mol. The minimum atomic E-state index is -5.19. The number of amides is 2. The molecule has 15 heteroatoms. The highest BCUT2D eigenvalue weighted by Gasteiger charge is 2.58. The topological polar surface area (TPSA) is 96.3 Å². The van der Waals surface area contributed by atoms with Crippen molar-refractivity contribution >= 4 is 30.7 Å². The Morgan fingerprint density at radius 3 is 2.27 bits per heavy atom. The van der Waals surface area contributed by atoms with Gasteiger partial charge >= 0.3 is 19.5 Å². The number of carbonyl (C=O) groups excluding carboxylic acids is 2. The van der Waals surface area contributed by atoms with Crippen LogP contribution in [0.25, 0.3) is 6.08 Å². The summed E-state index contributed by atoms with van der Waals surface area (Å²) in [5.74, 6) is -6.23. The standard InChI is InChI=1S/C33H33BF7NO6/c1-3-4-17(9-18-5-7-26(43)25(35)10-18)6-8-27-28-19(16-47-2)11-23-29(24(28)15-34(46)48-27)31(45)42(30(23)44)22-13-20(32(36,37)38)12-21(14-22)33(39,40)41/h5,7,9-10,12-14,23-24,27,29,43,46H,3-4,6,8,11,15-16H2,1-2H3/b17-9+/t23-,24+,27-,29-/m1/s1. The number of halogens is 7. The average Bonchev–Trinajstić information content (AvgIpc) is 3.25. The van der Waals surface area contributed by atoms with Crippen LogP contribution in [0, 0.1) is 23.6 Å². The van der Waals surface area contributed by atoms with E-state index in [1.807, 2.05) is 6.92 Å². The van der Waals surface area contributed by atoms with E-state index in [4.69, 9.17) is 9.39 Å². The van der Waals surface area contributed by atoms with E-state index in [2.05, 4.69) is 0 Å². The molecule has 2 N–H and O–H groups in total. The summed E-state index contributed by atoms with van der Waals surface area (Å²) in [5.41, 5.74) is -1.50. The predicted molar refractivity (Wildman–Crippen MR) is 161 cm³/mol. The molecule has 3 aliphatic rings. The quantitative estimate of drug-likeness (QED) is 0.126. The van der Waals surface area contributed by atoms with Crippen LogP contribution in [0.2, 0.25) is 6.32 Å². The van der Waals surface area contributed by atoms with Gasteiger partial charge < -0.3 is 19.5 Å². The van der Waals surface area contributed by atoms with Gasteiger partial charge in [-0.15, -0.1) is 0 Å². The molecule has 2 amide bonds. The third-order valence-electron chi connectivity index (χ3n) is 9.10. The highest BCUT2D eigenvalue weighted by atomic mass is 19.4. The molecule has 0 aromatic heterocycles. The number of aromatic hydroxyl groups is 1. The summed E-state index contributed by atoms with van der Waals surface area (Å²) in [4.78, 5) is 28.0. The fraction of sp³-hybridized carbons (Fsp3) is 0.455. The van der Waals surface area contributed by atoms with Crippen LogP contribution in [0.15, 0.2) is 53.1 Å². The van der Waals surface area contributed by atoms with Crippen LogP contribution < -0.4 is 4.90 Å². The van der Waals surface area contributed by atoms with Crippen LogP contribution >= 0.6 is 0 Å². The number of imide groups is 1. The number of carbonyl (C=O) groups is 2. The molecule has 7 nitrogen and oxygen atoms in total. The van der Waals surface area contributed by atoms with Crippen LogP contribution in [-0.2, 0) is 31.3 Å². The summed E-state index contributed by atoms with van der Waals surface area (Å²) in [5, 5.41) is 20.3. The number of methoxy groups -OCH3 is 1. The van der Waals surface area contributed by atoms with Gasteiger partial charge in [0.2, 0.25) is 11.8 Å². The van der Waals surface area contributed by atoms with Gasteiger partial charge in [-0.3, -0.25) is 9.59 Å². The molecule has 2 heterocycles. The molecule has 2 aliphatic heterocycles. The van der Waals surface area contributed by atoms with E-state index in [1.54, 1.807) is 12.1 Å². The van der Waals surface area contributed by atoms with Gasteiger partial charge in [0.1, 0.15) is 0 Å². The van der Waals surface area contributed by atoms with E-state index in [0.717, 1.165) is 12.0 Å². The minimum Gasteiger partial charge on any atom is -0.505 e. The van der Waals surface area contributed by atoms with Crippen molar-refractivity contribution in [3.63, 3.8) is 0 Å². The summed E-state index contributed by atoms with van der Waals surface area (Å²) in [6, 6.07) is 4.63. The molecule has 2 saturated heterocycles. The number of fused-ring (bicyclic) bond motifs is 3. The number of benzene rings is 2. The Hall–Kier alpha value is -3.69. The third kappa shape index (κ3) is 7.18. The Kier molecular flexibility index (Phi) is 10.1. The maximum Gasteiger partial charge on any atom is 0.455 e. The Labute approximate surface area is 272 Å². The van der Waals surface area contributed by atoms with E-state index >= 15 is 0 Å². The lowest BCUT2D eigenvalue weighted by atomic mass is 9.58. The molecular formula is C33H33BF7NO6. The SMILES string of the molecule is CCC/C(=C\c1ccc(O)c(F)c1)CC[C@H]1OB(O)C[C@H]2C1=C(COC)C[C@H]1C(=O)N(c3cc(C(F)(F)F)cc(C(F)(F)F)c3)C(=O)[C@H]12. The van der Waals surface area contributed by atoms with Crippen molar-refractivity contribution in [2.75, 3.05) is 18.6 Å². The predicted octanol–water partition coefficient (Wildman–Crippen LogP) is 7.18. The van der Waals surface area contributed by atoms with Gasteiger partial charge in [-0.05, 0) is 85.0 Å². The first-order valence-electron chi connectivity index (χ1n) is 15.4. The van der Waals surface area contributed by atoms with Crippen molar-refractivity contribution in [2.24, 2.45) is 17.8 Å². The van der Waals surface area contributed by atoms with E-state index in [-0.39, 0.29) is 25.4 Å². The van der Waals surface area contributed by atoms with E-state index in [9.17, 15) is 50.5 Å². The molecule has 0 spiro atoms. The fourth-order valence-corrected chi connectivity index (χ4v) is 7.15. The Morgan fingerprint density at radius 2 is 1.69 bits per heavy atom. The number of ether oxygens (including phenoxy) is 1. The highest BCUT2D eigenvalue weighted by molar-refractivity contribution is 6.43. The zero-order valence-electron chi connectivity index (χ0n) is 26.0. The number of anilines is 1. The van der Waals surface area contributed by atoms with Gasteiger partial charge in [-0.1, -0.05) is 31.1 Å². The number of phenolic OH excluding ortho intramolecular Hbond substituents is 1. The maximum absolute atomic E-state index is 14.0.